The molecule has 1 aromatic carbocycles. The van der Waals surface area contributed by atoms with E-state index in [2.05, 4.69) is 21.9 Å². The molecule has 0 saturated carbocycles. The van der Waals surface area contributed by atoms with Crippen LogP contribution in [0, 0.1) is 0 Å². The Morgan fingerprint density at radius 1 is 0.846 bits per heavy atom. The van der Waals surface area contributed by atoms with Gasteiger partial charge in [-0.3, -0.25) is 0 Å². The molecule has 26 heavy (non-hydrogen) atoms. The molecule has 3 aromatic heterocycles. The number of rotatable bonds is 4. The van der Waals surface area contributed by atoms with Crippen molar-refractivity contribution < 1.29 is 4.74 Å². The first-order valence-corrected chi connectivity index (χ1v) is 8.43. The van der Waals surface area contributed by atoms with Gasteiger partial charge in [-0.15, -0.1) is 0 Å². The molecule has 1 atom stereocenters. The second-order valence-corrected chi connectivity index (χ2v) is 6.06. The minimum Gasteiger partial charge on any atom is -0.481 e. The lowest BCUT2D eigenvalue weighted by molar-refractivity contribution is 0.397. The van der Waals surface area contributed by atoms with Crippen LogP contribution in [0.4, 0.5) is 0 Å². The monoisotopic (exact) mass is 342 g/mol. The highest BCUT2D eigenvalue weighted by Gasteiger charge is 2.13. The van der Waals surface area contributed by atoms with E-state index in [1.165, 1.54) is 0 Å². The standard InChI is InChI=1S/C21H18N4O/c1-14(15-10-11-20(26-2)22-12-15)17-8-5-9-19(24-17)21-23-13-16-6-3-4-7-18(16)25-21/h3-14H,1-2H3. The van der Waals surface area contributed by atoms with E-state index in [1.54, 1.807) is 7.11 Å². The summed E-state index contributed by atoms with van der Waals surface area (Å²) >= 11 is 0. The first-order valence-electron chi connectivity index (χ1n) is 8.43. The Morgan fingerprint density at radius 3 is 2.54 bits per heavy atom. The second-order valence-electron chi connectivity index (χ2n) is 6.06. The lowest BCUT2D eigenvalue weighted by Gasteiger charge is -2.12. The average Bonchev–Trinajstić information content (AvgIpc) is 2.73. The third kappa shape index (κ3) is 3.11. The summed E-state index contributed by atoms with van der Waals surface area (Å²) in [6, 6.07) is 17.8. The summed E-state index contributed by atoms with van der Waals surface area (Å²) in [5, 5.41) is 1.02. The summed E-state index contributed by atoms with van der Waals surface area (Å²) in [4.78, 5) is 18.2. The number of hydrogen-bond acceptors (Lipinski definition) is 5. The molecule has 0 aliphatic rings. The van der Waals surface area contributed by atoms with Crippen LogP contribution in [0.25, 0.3) is 22.4 Å². The van der Waals surface area contributed by atoms with Gasteiger partial charge in [0.25, 0.3) is 0 Å². The first kappa shape index (κ1) is 16.1. The average molecular weight is 342 g/mol. The molecule has 4 rings (SSSR count). The van der Waals surface area contributed by atoms with E-state index in [0.29, 0.717) is 11.7 Å². The van der Waals surface area contributed by atoms with Gasteiger partial charge in [-0.2, -0.15) is 0 Å². The van der Waals surface area contributed by atoms with Crippen molar-refractivity contribution in [1.82, 2.24) is 19.9 Å². The Morgan fingerprint density at radius 2 is 1.73 bits per heavy atom. The largest absolute Gasteiger partial charge is 0.481 e. The number of ether oxygens (including phenoxy) is 1. The van der Waals surface area contributed by atoms with Crippen LogP contribution in [-0.2, 0) is 0 Å². The molecule has 0 amide bonds. The van der Waals surface area contributed by atoms with Crippen LogP contribution in [0.2, 0.25) is 0 Å². The molecule has 5 nitrogen and oxygen atoms in total. The van der Waals surface area contributed by atoms with Crippen molar-refractivity contribution in [2.24, 2.45) is 0 Å². The van der Waals surface area contributed by atoms with Crippen LogP contribution in [0.5, 0.6) is 5.88 Å². The third-order valence-corrected chi connectivity index (χ3v) is 4.40. The van der Waals surface area contributed by atoms with Gasteiger partial charge >= 0.3 is 0 Å². The van der Waals surface area contributed by atoms with Crippen molar-refractivity contribution >= 4 is 10.9 Å². The van der Waals surface area contributed by atoms with E-state index in [9.17, 15) is 0 Å². The van der Waals surface area contributed by atoms with Crippen molar-refractivity contribution in [3.05, 3.63) is 78.2 Å². The topological polar surface area (TPSA) is 60.8 Å². The molecule has 0 spiro atoms. The normalized spacial score (nSPS) is 12.1. The number of methoxy groups -OCH3 is 1. The molecule has 0 saturated heterocycles. The number of para-hydroxylation sites is 1. The van der Waals surface area contributed by atoms with E-state index in [4.69, 9.17) is 9.72 Å². The highest BCUT2D eigenvalue weighted by atomic mass is 16.5. The molecule has 0 aliphatic heterocycles. The number of pyridine rings is 2. The van der Waals surface area contributed by atoms with Gasteiger partial charge in [0.2, 0.25) is 5.88 Å². The maximum atomic E-state index is 5.12. The van der Waals surface area contributed by atoms with Crippen LogP contribution in [0.3, 0.4) is 0 Å². The van der Waals surface area contributed by atoms with Gasteiger partial charge in [0.15, 0.2) is 5.82 Å². The summed E-state index contributed by atoms with van der Waals surface area (Å²) in [5.41, 5.74) is 3.71. The van der Waals surface area contributed by atoms with Crippen LogP contribution in [-0.4, -0.2) is 27.0 Å². The van der Waals surface area contributed by atoms with Crippen molar-refractivity contribution in [2.75, 3.05) is 7.11 Å². The molecular formula is C21H18N4O. The molecule has 3 heterocycles. The SMILES string of the molecule is COc1ccc(C(C)c2cccc(-c3ncc4ccccc4n3)n2)cn1. The zero-order valence-corrected chi connectivity index (χ0v) is 14.6. The molecular weight excluding hydrogens is 324 g/mol. The van der Waals surface area contributed by atoms with Gasteiger partial charge < -0.3 is 4.74 Å². The minimum absolute atomic E-state index is 0.105. The summed E-state index contributed by atoms with van der Waals surface area (Å²) in [5.74, 6) is 1.34. The number of hydrogen-bond donors (Lipinski definition) is 0. The van der Waals surface area contributed by atoms with Gasteiger partial charge in [-0.05, 0) is 23.8 Å². The number of fused-ring (bicyclic) bond motifs is 1. The molecule has 4 aromatic rings. The summed E-state index contributed by atoms with van der Waals surface area (Å²) in [7, 11) is 1.61. The summed E-state index contributed by atoms with van der Waals surface area (Å²) < 4.78 is 5.12. The van der Waals surface area contributed by atoms with Gasteiger partial charge in [0.05, 0.1) is 12.6 Å². The Hall–Kier alpha value is -3.34. The fraction of sp³-hybridized carbons (Fsp3) is 0.143. The summed E-state index contributed by atoms with van der Waals surface area (Å²) in [6.07, 6.45) is 3.66. The Labute approximate surface area is 151 Å². The van der Waals surface area contributed by atoms with E-state index in [1.807, 2.05) is 67.0 Å². The smallest absolute Gasteiger partial charge is 0.212 e. The van der Waals surface area contributed by atoms with Crippen LogP contribution in [0.1, 0.15) is 24.1 Å². The molecule has 0 N–H and O–H groups in total. The zero-order valence-electron chi connectivity index (χ0n) is 14.6. The molecule has 0 radical (unpaired) electrons. The Kier molecular flexibility index (Phi) is 4.27. The molecule has 0 aliphatic carbocycles. The van der Waals surface area contributed by atoms with Gasteiger partial charge in [0.1, 0.15) is 5.69 Å². The molecule has 0 fully saturated rings. The number of nitrogens with zero attached hydrogens (tertiary/aromatic N) is 4. The number of benzene rings is 1. The fourth-order valence-electron chi connectivity index (χ4n) is 2.85. The Balaban J connectivity index is 1.68. The van der Waals surface area contributed by atoms with Crippen LogP contribution >= 0.6 is 0 Å². The van der Waals surface area contributed by atoms with Gasteiger partial charge in [-0.25, -0.2) is 19.9 Å². The lowest BCUT2D eigenvalue weighted by atomic mass is 9.99. The predicted octanol–water partition coefficient (Wildman–Crippen LogP) is 4.25. The van der Waals surface area contributed by atoms with Crippen molar-refractivity contribution in [3.63, 3.8) is 0 Å². The van der Waals surface area contributed by atoms with Crippen molar-refractivity contribution in [1.29, 1.82) is 0 Å². The highest BCUT2D eigenvalue weighted by Crippen LogP contribution is 2.25. The predicted molar refractivity (Wildman–Crippen MR) is 101 cm³/mol. The van der Waals surface area contributed by atoms with E-state index in [0.717, 1.165) is 27.9 Å². The van der Waals surface area contributed by atoms with Gasteiger partial charge in [-0.1, -0.05) is 37.3 Å². The van der Waals surface area contributed by atoms with E-state index in [-0.39, 0.29) is 5.92 Å². The Bertz CT molecular complexity index is 1050. The zero-order chi connectivity index (χ0) is 17.9. The van der Waals surface area contributed by atoms with Crippen molar-refractivity contribution in [3.8, 4) is 17.4 Å². The summed E-state index contributed by atoms with van der Waals surface area (Å²) in [6.45, 7) is 2.11. The second kappa shape index (κ2) is 6.88. The highest BCUT2D eigenvalue weighted by molar-refractivity contribution is 5.79. The molecule has 5 heteroatoms. The van der Waals surface area contributed by atoms with E-state index < -0.39 is 0 Å². The lowest BCUT2D eigenvalue weighted by Crippen LogP contribution is -2.02. The molecule has 1 unspecified atom stereocenters. The van der Waals surface area contributed by atoms with Gasteiger partial charge in [0, 0.05) is 35.5 Å². The fourth-order valence-corrected chi connectivity index (χ4v) is 2.85. The van der Waals surface area contributed by atoms with Crippen LogP contribution in [0.15, 0.2) is 67.0 Å². The maximum absolute atomic E-state index is 5.12. The molecule has 128 valence electrons. The first-order chi connectivity index (χ1) is 12.7. The third-order valence-electron chi connectivity index (χ3n) is 4.40. The molecule has 0 bridgehead atoms. The minimum atomic E-state index is 0.105. The number of aromatic nitrogens is 4. The van der Waals surface area contributed by atoms with Crippen molar-refractivity contribution in [2.45, 2.75) is 12.8 Å². The van der Waals surface area contributed by atoms with Crippen LogP contribution < -0.4 is 4.74 Å². The quantitative estimate of drug-likeness (QED) is 0.555. The van der Waals surface area contributed by atoms with E-state index >= 15 is 0 Å². The maximum Gasteiger partial charge on any atom is 0.212 e.